The lowest BCUT2D eigenvalue weighted by molar-refractivity contribution is -0.116. The lowest BCUT2D eigenvalue weighted by Crippen LogP contribution is -2.23. The number of carbonyl (C=O) groups excluding carboxylic acids is 1. The molecule has 3 nitrogen and oxygen atoms in total. The molecule has 3 heteroatoms. The van der Waals surface area contributed by atoms with Gasteiger partial charge in [0.15, 0.2) is 0 Å². The van der Waals surface area contributed by atoms with Gasteiger partial charge in [0.25, 0.3) is 0 Å². The lowest BCUT2D eigenvalue weighted by atomic mass is 10.1. The average Bonchev–Trinajstić information content (AvgIpc) is 2.54. The lowest BCUT2D eigenvalue weighted by Gasteiger charge is -2.09. The molecule has 0 heterocycles. The predicted octanol–water partition coefficient (Wildman–Crippen LogP) is 3.68. The smallest absolute Gasteiger partial charge is 0.244 e. The van der Waals surface area contributed by atoms with E-state index in [0.717, 1.165) is 28.9 Å². The number of ether oxygens (including phenoxy) is 1. The molecule has 2 aromatic rings. The van der Waals surface area contributed by atoms with Crippen molar-refractivity contribution in [1.29, 1.82) is 0 Å². The van der Waals surface area contributed by atoms with Crippen LogP contribution < -0.4 is 10.1 Å². The maximum absolute atomic E-state index is 11.9. The van der Waals surface area contributed by atoms with Gasteiger partial charge in [0.1, 0.15) is 5.75 Å². The molecule has 2 rings (SSSR count). The summed E-state index contributed by atoms with van der Waals surface area (Å²) in [6.45, 7) is 4.66. The summed E-state index contributed by atoms with van der Waals surface area (Å²) in [6.07, 6.45) is 4.17. The second-order valence-corrected chi connectivity index (χ2v) is 5.55. The Kier molecular flexibility index (Phi) is 5.98. The molecular formula is C20H23NO2. The third-order valence-electron chi connectivity index (χ3n) is 3.73. The summed E-state index contributed by atoms with van der Waals surface area (Å²) >= 11 is 0. The molecule has 0 fully saturated rings. The maximum atomic E-state index is 11.9. The van der Waals surface area contributed by atoms with Crippen LogP contribution in [-0.4, -0.2) is 19.6 Å². The number of nitrogens with one attached hydrogen (secondary N) is 1. The summed E-state index contributed by atoms with van der Waals surface area (Å²) in [4.78, 5) is 11.9. The van der Waals surface area contributed by atoms with E-state index in [4.69, 9.17) is 4.74 Å². The Morgan fingerprint density at radius 2 is 1.96 bits per heavy atom. The third kappa shape index (κ3) is 4.99. The third-order valence-corrected chi connectivity index (χ3v) is 3.73. The van der Waals surface area contributed by atoms with Crippen LogP contribution in [0.25, 0.3) is 6.08 Å². The van der Waals surface area contributed by atoms with E-state index in [1.54, 1.807) is 13.2 Å². The molecule has 0 aliphatic carbocycles. The van der Waals surface area contributed by atoms with Crippen molar-refractivity contribution in [2.45, 2.75) is 20.3 Å². The van der Waals surface area contributed by atoms with Crippen molar-refractivity contribution in [3.63, 3.8) is 0 Å². The van der Waals surface area contributed by atoms with Gasteiger partial charge in [0.05, 0.1) is 7.11 Å². The summed E-state index contributed by atoms with van der Waals surface area (Å²) in [5, 5.41) is 2.91. The van der Waals surface area contributed by atoms with Gasteiger partial charge >= 0.3 is 0 Å². The van der Waals surface area contributed by atoms with Crippen molar-refractivity contribution >= 4 is 12.0 Å². The van der Waals surface area contributed by atoms with Crippen LogP contribution in [0.1, 0.15) is 22.3 Å². The van der Waals surface area contributed by atoms with Crippen LogP contribution in [0.5, 0.6) is 5.75 Å². The fourth-order valence-corrected chi connectivity index (χ4v) is 2.42. The summed E-state index contributed by atoms with van der Waals surface area (Å²) in [5.74, 6) is 0.778. The number of rotatable bonds is 6. The minimum absolute atomic E-state index is 0.0835. The number of benzene rings is 2. The monoisotopic (exact) mass is 309 g/mol. The van der Waals surface area contributed by atoms with E-state index in [0.29, 0.717) is 6.54 Å². The van der Waals surface area contributed by atoms with Crippen LogP contribution in [0.3, 0.4) is 0 Å². The average molecular weight is 309 g/mol. The number of hydrogen-bond donors (Lipinski definition) is 1. The van der Waals surface area contributed by atoms with Crippen LogP contribution in [-0.2, 0) is 11.2 Å². The van der Waals surface area contributed by atoms with Crippen LogP contribution in [0, 0.1) is 13.8 Å². The van der Waals surface area contributed by atoms with Crippen molar-refractivity contribution in [1.82, 2.24) is 5.32 Å². The molecule has 1 amide bonds. The first-order valence-corrected chi connectivity index (χ1v) is 7.75. The second kappa shape index (κ2) is 8.18. The number of aryl methyl sites for hydroxylation is 2. The summed E-state index contributed by atoms with van der Waals surface area (Å²) in [7, 11) is 1.66. The number of hydrogen-bond acceptors (Lipinski definition) is 2. The van der Waals surface area contributed by atoms with Crippen LogP contribution >= 0.6 is 0 Å². The minimum atomic E-state index is -0.0835. The van der Waals surface area contributed by atoms with E-state index < -0.39 is 0 Å². The van der Waals surface area contributed by atoms with Crippen molar-refractivity contribution in [3.05, 3.63) is 70.8 Å². The highest BCUT2D eigenvalue weighted by molar-refractivity contribution is 5.91. The Balaban J connectivity index is 1.88. The van der Waals surface area contributed by atoms with E-state index >= 15 is 0 Å². The zero-order valence-corrected chi connectivity index (χ0v) is 13.9. The molecule has 2 aromatic carbocycles. The zero-order chi connectivity index (χ0) is 16.7. The van der Waals surface area contributed by atoms with E-state index in [1.165, 1.54) is 5.56 Å². The van der Waals surface area contributed by atoms with Crippen molar-refractivity contribution in [3.8, 4) is 5.75 Å². The molecule has 0 aromatic heterocycles. The molecular weight excluding hydrogens is 286 g/mol. The second-order valence-electron chi connectivity index (χ2n) is 5.55. The van der Waals surface area contributed by atoms with E-state index in [2.05, 4.69) is 11.4 Å². The summed E-state index contributed by atoms with van der Waals surface area (Å²) < 4.78 is 5.35. The minimum Gasteiger partial charge on any atom is -0.496 e. The van der Waals surface area contributed by atoms with Gasteiger partial charge in [-0.15, -0.1) is 0 Å². The quantitative estimate of drug-likeness (QED) is 0.827. The summed E-state index contributed by atoms with van der Waals surface area (Å²) in [6, 6.07) is 14.1. The van der Waals surface area contributed by atoms with Gasteiger partial charge < -0.3 is 10.1 Å². The normalized spacial score (nSPS) is 10.7. The van der Waals surface area contributed by atoms with Crippen LogP contribution in [0.4, 0.5) is 0 Å². The first-order valence-electron chi connectivity index (χ1n) is 7.75. The Hall–Kier alpha value is -2.55. The van der Waals surface area contributed by atoms with Crippen LogP contribution in [0.2, 0.25) is 0 Å². The van der Waals surface area contributed by atoms with Gasteiger partial charge in [0.2, 0.25) is 5.91 Å². The molecule has 1 N–H and O–H groups in total. The fourth-order valence-electron chi connectivity index (χ4n) is 2.42. The molecule has 0 aliphatic heterocycles. The molecule has 0 saturated carbocycles. The molecule has 0 radical (unpaired) electrons. The molecule has 0 atom stereocenters. The van der Waals surface area contributed by atoms with Gasteiger partial charge in [-0.25, -0.2) is 0 Å². The standard InChI is InChI=1S/C20H23NO2/c1-15-8-10-19(23-3)18(14-15)12-13-21-20(22)11-9-17-7-5-4-6-16(17)2/h4-11,14H,12-13H2,1-3H3,(H,21,22)/b11-9+. The van der Waals surface area contributed by atoms with Crippen LogP contribution in [0.15, 0.2) is 48.5 Å². The Morgan fingerprint density at radius 3 is 2.70 bits per heavy atom. The number of methoxy groups -OCH3 is 1. The van der Waals surface area contributed by atoms with Gasteiger partial charge in [-0.05, 0) is 49.1 Å². The molecule has 0 saturated heterocycles. The van der Waals surface area contributed by atoms with Gasteiger partial charge in [-0.3, -0.25) is 4.79 Å². The molecule has 0 spiro atoms. The number of carbonyl (C=O) groups is 1. The highest BCUT2D eigenvalue weighted by Gasteiger charge is 2.04. The molecule has 0 bridgehead atoms. The predicted molar refractivity (Wildman–Crippen MR) is 94.7 cm³/mol. The van der Waals surface area contributed by atoms with E-state index in [9.17, 15) is 4.79 Å². The summed E-state index contributed by atoms with van der Waals surface area (Å²) in [5.41, 5.74) is 4.51. The molecule has 0 unspecified atom stereocenters. The van der Waals surface area contributed by atoms with Crippen molar-refractivity contribution < 1.29 is 9.53 Å². The topological polar surface area (TPSA) is 38.3 Å². The van der Waals surface area contributed by atoms with E-state index in [1.807, 2.05) is 56.3 Å². The highest BCUT2D eigenvalue weighted by atomic mass is 16.5. The van der Waals surface area contributed by atoms with Gasteiger partial charge in [-0.1, -0.05) is 42.0 Å². The zero-order valence-electron chi connectivity index (χ0n) is 13.9. The first-order chi connectivity index (χ1) is 11.1. The Labute approximate surface area is 138 Å². The van der Waals surface area contributed by atoms with Crippen molar-refractivity contribution in [2.24, 2.45) is 0 Å². The largest absolute Gasteiger partial charge is 0.496 e. The highest BCUT2D eigenvalue weighted by Crippen LogP contribution is 2.19. The van der Waals surface area contributed by atoms with E-state index in [-0.39, 0.29) is 5.91 Å². The molecule has 120 valence electrons. The van der Waals surface area contributed by atoms with Gasteiger partial charge in [0, 0.05) is 12.6 Å². The Bertz CT molecular complexity index is 705. The van der Waals surface area contributed by atoms with Crippen molar-refractivity contribution in [2.75, 3.05) is 13.7 Å². The Morgan fingerprint density at radius 1 is 1.17 bits per heavy atom. The molecule has 23 heavy (non-hydrogen) atoms. The fraction of sp³-hybridized carbons (Fsp3) is 0.250. The maximum Gasteiger partial charge on any atom is 0.244 e. The SMILES string of the molecule is COc1ccc(C)cc1CCNC(=O)/C=C/c1ccccc1C. The first kappa shape index (κ1) is 16.8. The number of amides is 1. The van der Waals surface area contributed by atoms with Gasteiger partial charge in [-0.2, -0.15) is 0 Å². The molecule has 0 aliphatic rings.